The zero-order valence-corrected chi connectivity index (χ0v) is 13.0. The second-order valence-electron chi connectivity index (χ2n) is 5.17. The number of aromatic nitrogens is 1. The van der Waals surface area contributed by atoms with E-state index in [4.69, 9.17) is 17.3 Å². The second-order valence-corrected chi connectivity index (χ2v) is 5.58. The number of carbonyl (C=O) groups is 3. The van der Waals surface area contributed by atoms with E-state index in [-0.39, 0.29) is 33.2 Å². The number of aromatic carboxylic acids is 1. The first-order chi connectivity index (χ1) is 11.2. The molecule has 1 aromatic heterocycles. The first-order valence-corrected chi connectivity index (χ1v) is 7.05. The lowest BCUT2D eigenvalue weighted by Crippen LogP contribution is -2.26. The van der Waals surface area contributed by atoms with Crippen molar-refractivity contribution in [1.82, 2.24) is 9.88 Å². The molecule has 0 radical (unpaired) electrons. The summed E-state index contributed by atoms with van der Waals surface area (Å²) in [7, 11) is 0. The summed E-state index contributed by atoms with van der Waals surface area (Å²) in [5, 5.41) is 11.4. The topological polar surface area (TPSA) is 131 Å². The third-order valence-corrected chi connectivity index (χ3v) is 4.03. The van der Waals surface area contributed by atoms with E-state index in [0.29, 0.717) is 5.56 Å². The van der Waals surface area contributed by atoms with Gasteiger partial charge in [-0.1, -0.05) is 17.7 Å². The summed E-state index contributed by atoms with van der Waals surface area (Å²) in [5.74, 6) is -3.16. The van der Waals surface area contributed by atoms with E-state index in [9.17, 15) is 24.3 Å². The third kappa shape index (κ3) is 2.08. The smallest absolute Gasteiger partial charge is 0.339 e. The van der Waals surface area contributed by atoms with Crippen molar-refractivity contribution in [3.8, 4) is 5.69 Å². The maximum absolute atomic E-state index is 12.4. The van der Waals surface area contributed by atoms with Crippen molar-refractivity contribution in [3.05, 3.63) is 55.8 Å². The lowest BCUT2D eigenvalue weighted by atomic mass is 10.1. The SMILES string of the molecule is Cc1ccc(Cl)c(C(=O)O)c1-n1c(N)c2c(cc1=O)C(=O)NC2=O. The normalized spacial score (nSPS) is 12.9. The van der Waals surface area contributed by atoms with Crippen LogP contribution >= 0.6 is 11.6 Å². The monoisotopic (exact) mass is 347 g/mol. The zero-order valence-electron chi connectivity index (χ0n) is 12.2. The number of carbonyl (C=O) groups excluding carboxylic acids is 2. The van der Waals surface area contributed by atoms with Crippen molar-refractivity contribution >= 4 is 35.2 Å². The molecule has 4 N–H and O–H groups in total. The summed E-state index contributed by atoms with van der Waals surface area (Å²) in [6.07, 6.45) is 0. The van der Waals surface area contributed by atoms with Crippen molar-refractivity contribution in [1.29, 1.82) is 0 Å². The molecule has 2 heterocycles. The quantitative estimate of drug-likeness (QED) is 0.693. The maximum Gasteiger partial charge on any atom is 0.339 e. The molecule has 2 aromatic rings. The molecule has 1 aliphatic heterocycles. The number of halogens is 1. The molecule has 0 spiro atoms. The highest BCUT2D eigenvalue weighted by atomic mass is 35.5. The van der Waals surface area contributed by atoms with Crippen LogP contribution in [0.1, 0.15) is 36.6 Å². The first-order valence-electron chi connectivity index (χ1n) is 6.68. The van der Waals surface area contributed by atoms with Gasteiger partial charge in [0.1, 0.15) is 11.4 Å². The molecule has 0 fully saturated rings. The molecular formula is C15H10ClN3O5. The molecule has 0 bridgehead atoms. The minimum Gasteiger partial charge on any atom is -0.478 e. The summed E-state index contributed by atoms with van der Waals surface area (Å²) >= 11 is 5.95. The number of carboxylic acid groups (broad SMARTS) is 1. The fourth-order valence-corrected chi connectivity index (χ4v) is 2.91. The van der Waals surface area contributed by atoms with Crippen LogP contribution in [0.15, 0.2) is 23.0 Å². The van der Waals surface area contributed by atoms with Gasteiger partial charge in [-0.3, -0.25) is 24.3 Å². The number of nitrogens with zero attached hydrogens (tertiary/aromatic N) is 1. The Hall–Kier alpha value is -3.13. The number of fused-ring (bicyclic) bond motifs is 1. The van der Waals surface area contributed by atoms with E-state index in [0.717, 1.165) is 10.6 Å². The number of carboxylic acids is 1. The number of benzene rings is 1. The van der Waals surface area contributed by atoms with Crippen LogP contribution in [-0.4, -0.2) is 27.5 Å². The van der Waals surface area contributed by atoms with Crippen molar-refractivity contribution < 1.29 is 19.5 Å². The third-order valence-electron chi connectivity index (χ3n) is 3.72. The minimum absolute atomic E-state index is 0.0487. The van der Waals surface area contributed by atoms with Gasteiger partial charge < -0.3 is 10.8 Å². The molecule has 1 aliphatic rings. The molecule has 0 aliphatic carbocycles. The number of nitrogens with one attached hydrogen (secondary N) is 1. The Balaban J connectivity index is 2.47. The first kappa shape index (κ1) is 15.8. The maximum atomic E-state index is 12.4. The molecule has 0 saturated carbocycles. The average molecular weight is 348 g/mol. The highest BCUT2D eigenvalue weighted by Gasteiger charge is 2.33. The molecule has 8 nitrogen and oxygen atoms in total. The van der Waals surface area contributed by atoms with E-state index >= 15 is 0 Å². The Morgan fingerprint density at radius 1 is 1.25 bits per heavy atom. The summed E-state index contributed by atoms with van der Waals surface area (Å²) in [6, 6.07) is 3.85. The molecule has 122 valence electrons. The molecule has 0 unspecified atom stereocenters. The second kappa shape index (κ2) is 5.20. The van der Waals surface area contributed by atoms with E-state index < -0.39 is 23.3 Å². The molecule has 9 heteroatoms. The number of pyridine rings is 1. The van der Waals surface area contributed by atoms with Crippen LogP contribution in [0.4, 0.5) is 5.82 Å². The van der Waals surface area contributed by atoms with Crippen LogP contribution in [0.3, 0.4) is 0 Å². The lowest BCUT2D eigenvalue weighted by molar-refractivity contribution is 0.0696. The number of rotatable bonds is 2. The van der Waals surface area contributed by atoms with Gasteiger partial charge in [0.25, 0.3) is 17.4 Å². The number of nitrogen functional groups attached to an aromatic ring is 1. The Labute approximate surface area is 139 Å². The fraction of sp³-hybridized carbons (Fsp3) is 0.0667. The van der Waals surface area contributed by atoms with Crippen molar-refractivity contribution in [3.63, 3.8) is 0 Å². The molecule has 24 heavy (non-hydrogen) atoms. The molecule has 2 amide bonds. The number of anilines is 1. The summed E-state index contributed by atoms with van der Waals surface area (Å²) in [4.78, 5) is 47.6. The largest absolute Gasteiger partial charge is 0.478 e. The van der Waals surface area contributed by atoms with E-state index in [1.807, 2.05) is 5.32 Å². The summed E-state index contributed by atoms with van der Waals surface area (Å²) in [5.41, 5.74) is 4.90. The number of amides is 2. The van der Waals surface area contributed by atoms with Gasteiger partial charge in [0.05, 0.1) is 21.8 Å². The van der Waals surface area contributed by atoms with Gasteiger partial charge in [0.2, 0.25) is 0 Å². The van der Waals surface area contributed by atoms with Crippen LogP contribution in [0.25, 0.3) is 5.69 Å². The van der Waals surface area contributed by atoms with E-state index in [2.05, 4.69) is 0 Å². The predicted molar refractivity (Wildman–Crippen MR) is 85.0 cm³/mol. The molecular weight excluding hydrogens is 338 g/mol. The number of imide groups is 1. The van der Waals surface area contributed by atoms with Gasteiger partial charge in [-0.05, 0) is 18.6 Å². The number of aryl methyl sites for hydroxylation is 1. The fourth-order valence-electron chi connectivity index (χ4n) is 2.67. The van der Waals surface area contributed by atoms with Gasteiger partial charge in [-0.25, -0.2) is 4.79 Å². The average Bonchev–Trinajstić information content (AvgIpc) is 2.76. The predicted octanol–water partition coefficient (Wildman–Crippen LogP) is 0.963. The molecule has 0 atom stereocenters. The molecule has 3 rings (SSSR count). The van der Waals surface area contributed by atoms with E-state index in [1.165, 1.54) is 12.1 Å². The highest BCUT2D eigenvalue weighted by molar-refractivity contribution is 6.34. The van der Waals surface area contributed by atoms with Crippen molar-refractivity contribution in [2.75, 3.05) is 5.73 Å². The summed E-state index contributed by atoms with van der Waals surface area (Å²) < 4.78 is 0.877. The van der Waals surface area contributed by atoms with Gasteiger partial charge >= 0.3 is 5.97 Å². The van der Waals surface area contributed by atoms with Crippen LogP contribution in [0.5, 0.6) is 0 Å². The Kier molecular flexibility index (Phi) is 3.42. The Bertz CT molecular complexity index is 1010. The molecule has 1 aromatic carbocycles. The minimum atomic E-state index is -1.36. The standard InChI is InChI=1S/C15H10ClN3O5/c1-5-2-3-7(16)10(15(23)24)11(5)19-8(20)4-6-9(12(19)17)14(22)18-13(6)21/h2-4H,17H2,1H3,(H,23,24)(H,18,21,22). The zero-order chi connectivity index (χ0) is 17.8. The van der Waals surface area contributed by atoms with Gasteiger partial charge in [-0.2, -0.15) is 0 Å². The number of nitrogens with two attached hydrogens (primary N) is 1. The van der Waals surface area contributed by atoms with Crippen LogP contribution < -0.4 is 16.6 Å². The van der Waals surface area contributed by atoms with E-state index in [1.54, 1.807) is 6.92 Å². The van der Waals surface area contributed by atoms with Crippen molar-refractivity contribution in [2.45, 2.75) is 6.92 Å². The van der Waals surface area contributed by atoms with Crippen LogP contribution in [0, 0.1) is 6.92 Å². The Morgan fingerprint density at radius 3 is 2.54 bits per heavy atom. The van der Waals surface area contributed by atoms with Gasteiger partial charge in [-0.15, -0.1) is 0 Å². The Morgan fingerprint density at radius 2 is 1.92 bits per heavy atom. The highest BCUT2D eigenvalue weighted by Crippen LogP contribution is 2.30. The number of hydrogen-bond donors (Lipinski definition) is 3. The molecule has 0 saturated heterocycles. The lowest BCUT2D eigenvalue weighted by Gasteiger charge is -2.17. The van der Waals surface area contributed by atoms with Gasteiger partial charge in [0, 0.05) is 6.07 Å². The number of hydrogen-bond acceptors (Lipinski definition) is 5. The summed E-state index contributed by atoms with van der Waals surface area (Å²) in [6.45, 7) is 1.57. The van der Waals surface area contributed by atoms with Crippen molar-refractivity contribution in [2.24, 2.45) is 0 Å². The van der Waals surface area contributed by atoms with Gasteiger partial charge in [0.15, 0.2) is 0 Å². The van der Waals surface area contributed by atoms with Crippen LogP contribution in [0.2, 0.25) is 5.02 Å². The van der Waals surface area contributed by atoms with Crippen LogP contribution in [-0.2, 0) is 0 Å².